The zero-order valence-electron chi connectivity index (χ0n) is 13.4. The van der Waals surface area contributed by atoms with Crippen molar-refractivity contribution in [3.63, 3.8) is 0 Å². The summed E-state index contributed by atoms with van der Waals surface area (Å²) in [6, 6.07) is 10.1. The molecular weight excluding hydrogens is 308 g/mol. The number of pyridine rings is 1. The smallest absolute Gasteiger partial charge is 0.118 e. The molecule has 1 atom stereocenters. The maximum absolute atomic E-state index is 6.06. The number of likely N-dealkylation sites (tertiary alicyclic amines) is 1. The van der Waals surface area contributed by atoms with E-state index in [9.17, 15) is 0 Å². The van der Waals surface area contributed by atoms with Crippen LogP contribution in [0.1, 0.15) is 23.6 Å². The standard InChI is InChI=1S/C18H22N2O2S/c1-14-5-6-16(22-14)9-20-12-18(13-20)8-17(11-23-18)21-10-15-4-2-3-7-19-15/h2-7,17H,8-13H2,1H3/t17-/m1/s1. The molecule has 2 aliphatic heterocycles. The third kappa shape index (κ3) is 3.47. The minimum absolute atomic E-state index is 0.356. The van der Waals surface area contributed by atoms with Gasteiger partial charge in [-0.3, -0.25) is 9.88 Å². The zero-order valence-corrected chi connectivity index (χ0v) is 14.2. The van der Waals surface area contributed by atoms with Crippen molar-refractivity contribution >= 4 is 11.8 Å². The predicted molar refractivity (Wildman–Crippen MR) is 91.3 cm³/mol. The number of thioether (sulfide) groups is 1. The molecule has 0 aromatic carbocycles. The van der Waals surface area contributed by atoms with Crippen molar-refractivity contribution in [1.29, 1.82) is 0 Å². The molecule has 5 heteroatoms. The highest BCUT2D eigenvalue weighted by atomic mass is 32.2. The lowest BCUT2D eigenvalue weighted by Gasteiger charge is -2.47. The lowest BCUT2D eigenvalue weighted by atomic mass is 9.93. The number of hydrogen-bond acceptors (Lipinski definition) is 5. The molecule has 2 aromatic heterocycles. The molecule has 0 radical (unpaired) electrons. The fourth-order valence-corrected chi connectivity index (χ4v) is 5.09. The lowest BCUT2D eigenvalue weighted by Crippen LogP contribution is -2.58. The minimum Gasteiger partial charge on any atom is -0.465 e. The van der Waals surface area contributed by atoms with Gasteiger partial charge >= 0.3 is 0 Å². The van der Waals surface area contributed by atoms with Crippen LogP contribution in [-0.2, 0) is 17.9 Å². The summed E-state index contributed by atoms with van der Waals surface area (Å²) in [7, 11) is 0. The highest BCUT2D eigenvalue weighted by Crippen LogP contribution is 2.46. The maximum atomic E-state index is 6.06. The van der Waals surface area contributed by atoms with E-state index in [1.165, 1.54) is 0 Å². The van der Waals surface area contributed by atoms with E-state index >= 15 is 0 Å². The molecule has 122 valence electrons. The zero-order chi connectivity index (χ0) is 15.7. The Morgan fingerprint density at radius 3 is 3.00 bits per heavy atom. The van der Waals surface area contributed by atoms with E-state index in [4.69, 9.17) is 9.15 Å². The Balaban J connectivity index is 1.23. The van der Waals surface area contributed by atoms with Crippen LogP contribution in [0.15, 0.2) is 40.9 Å². The van der Waals surface area contributed by atoms with Gasteiger partial charge < -0.3 is 9.15 Å². The Bertz CT molecular complexity index is 652. The van der Waals surface area contributed by atoms with Gasteiger partial charge in [0, 0.05) is 29.8 Å². The summed E-state index contributed by atoms with van der Waals surface area (Å²) in [6.07, 6.45) is 3.33. The maximum Gasteiger partial charge on any atom is 0.118 e. The number of aryl methyl sites for hydroxylation is 1. The molecule has 2 fully saturated rings. The van der Waals surface area contributed by atoms with E-state index in [1.807, 2.05) is 37.4 Å². The molecule has 4 rings (SSSR count). The van der Waals surface area contributed by atoms with Crippen molar-refractivity contribution in [2.45, 2.75) is 37.3 Å². The number of ether oxygens (including phenoxy) is 1. The number of hydrogen-bond donors (Lipinski definition) is 0. The van der Waals surface area contributed by atoms with E-state index in [0.717, 1.165) is 49.0 Å². The quantitative estimate of drug-likeness (QED) is 0.841. The molecule has 0 N–H and O–H groups in total. The number of nitrogens with zero attached hydrogens (tertiary/aromatic N) is 2. The van der Waals surface area contributed by atoms with Crippen molar-refractivity contribution in [3.05, 3.63) is 53.7 Å². The van der Waals surface area contributed by atoms with Crippen LogP contribution in [-0.4, -0.2) is 39.6 Å². The van der Waals surface area contributed by atoms with Gasteiger partial charge in [-0.1, -0.05) is 6.07 Å². The van der Waals surface area contributed by atoms with Gasteiger partial charge in [0.05, 0.1) is 24.9 Å². The Kier molecular flexibility index (Phi) is 4.18. The Hall–Kier alpha value is -1.30. The fourth-order valence-electron chi connectivity index (χ4n) is 3.49. The van der Waals surface area contributed by atoms with Gasteiger partial charge in [0.2, 0.25) is 0 Å². The highest BCUT2D eigenvalue weighted by Gasteiger charge is 2.49. The molecule has 0 unspecified atom stereocenters. The molecule has 0 amide bonds. The monoisotopic (exact) mass is 330 g/mol. The van der Waals surface area contributed by atoms with E-state index in [1.54, 1.807) is 0 Å². The van der Waals surface area contributed by atoms with Crippen LogP contribution in [0.25, 0.3) is 0 Å². The van der Waals surface area contributed by atoms with Crippen LogP contribution in [0.3, 0.4) is 0 Å². The topological polar surface area (TPSA) is 38.5 Å². The molecule has 4 heterocycles. The molecule has 2 saturated heterocycles. The molecule has 1 spiro atoms. The van der Waals surface area contributed by atoms with E-state index in [-0.39, 0.29) is 0 Å². The molecule has 0 aliphatic carbocycles. The first kappa shape index (κ1) is 15.2. The molecule has 2 aromatic rings. The van der Waals surface area contributed by atoms with Crippen LogP contribution in [0, 0.1) is 6.92 Å². The van der Waals surface area contributed by atoms with Crippen LogP contribution < -0.4 is 0 Å². The van der Waals surface area contributed by atoms with E-state index in [2.05, 4.69) is 27.7 Å². The van der Waals surface area contributed by atoms with Crippen molar-refractivity contribution < 1.29 is 9.15 Å². The van der Waals surface area contributed by atoms with Gasteiger partial charge in [-0.25, -0.2) is 0 Å². The highest BCUT2D eigenvalue weighted by molar-refractivity contribution is 8.01. The summed E-state index contributed by atoms with van der Waals surface area (Å²) < 4.78 is 12.1. The predicted octanol–water partition coefficient (Wildman–Crippen LogP) is 3.26. The molecule has 0 saturated carbocycles. The van der Waals surface area contributed by atoms with Gasteiger partial charge in [-0.2, -0.15) is 0 Å². The van der Waals surface area contributed by atoms with Gasteiger partial charge in [-0.15, -0.1) is 11.8 Å². The normalized spacial score (nSPS) is 23.3. The Morgan fingerprint density at radius 1 is 1.35 bits per heavy atom. The van der Waals surface area contributed by atoms with Crippen molar-refractivity contribution in [2.75, 3.05) is 18.8 Å². The lowest BCUT2D eigenvalue weighted by molar-refractivity contribution is 0.0237. The number of aromatic nitrogens is 1. The van der Waals surface area contributed by atoms with Crippen molar-refractivity contribution in [3.8, 4) is 0 Å². The summed E-state index contributed by atoms with van der Waals surface area (Å²) in [4.78, 5) is 6.79. The number of furan rings is 1. The Morgan fingerprint density at radius 2 is 2.26 bits per heavy atom. The second-order valence-electron chi connectivity index (χ2n) is 6.61. The average molecular weight is 330 g/mol. The van der Waals surface area contributed by atoms with Crippen molar-refractivity contribution in [1.82, 2.24) is 9.88 Å². The van der Waals surface area contributed by atoms with E-state index in [0.29, 0.717) is 17.5 Å². The fraction of sp³-hybridized carbons (Fsp3) is 0.500. The van der Waals surface area contributed by atoms with Gasteiger partial charge in [0.25, 0.3) is 0 Å². The van der Waals surface area contributed by atoms with Crippen molar-refractivity contribution in [2.24, 2.45) is 0 Å². The second-order valence-corrected chi connectivity index (χ2v) is 8.10. The third-order valence-electron chi connectivity index (χ3n) is 4.57. The van der Waals surface area contributed by atoms with Gasteiger partial charge in [0.15, 0.2) is 0 Å². The molecule has 4 nitrogen and oxygen atoms in total. The third-order valence-corrected chi connectivity index (χ3v) is 6.14. The first-order valence-electron chi connectivity index (χ1n) is 8.14. The molecule has 23 heavy (non-hydrogen) atoms. The second kappa shape index (κ2) is 6.30. The minimum atomic E-state index is 0.356. The summed E-state index contributed by atoms with van der Waals surface area (Å²) >= 11 is 2.08. The summed E-state index contributed by atoms with van der Waals surface area (Å²) in [5, 5.41) is 0. The molecular formula is C18H22N2O2S. The summed E-state index contributed by atoms with van der Waals surface area (Å²) in [5.41, 5.74) is 1.02. The molecule has 0 bridgehead atoms. The van der Waals surface area contributed by atoms with Gasteiger partial charge in [-0.05, 0) is 37.6 Å². The van der Waals surface area contributed by atoms with E-state index < -0.39 is 0 Å². The molecule has 2 aliphatic rings. The van der Waals surface area contributed by atoms with Gasteiger partial charge in [0.1, 0.15) is 11.5 Å². The largest absolute Gasteiger partial charge is 0.465 e. The van der Waals surface area contributed by atoms with Crippen LogP contribution in [0.5, 0.6) is 0 Å². The summed E-state index contributed by atoms with van der Waals surface area (Å²) in [5.74, 6) is 3.16. The Labute approximate surface area is 141 Å². The SMILES string of the molecule is Cc1ccc(CN2CC3(C[C@@H](OCc4ccccn4)CS3)C2)o1. The first-order chi connectivity index (χ1) is 11.2. The van der Waals surface area contributed by atoms with Crippen LogP contribution in [0.2, 0.25) is 0 Å². The van der Waals surface area contributed by atoms with Crippen LogP contribution >= 0.6 is 11.8 Å². The summed E-state index contributed by atoms with van der Waals surface area (Å²) in [6.45, 7) is 5.83. The number of rotatable bonds is 5. The first-order valence-corrected chi connectivity index (χ1v) is 9.13. The van der Waals surface area contributed by atoms with Crippen LogP contribution in [0.4, 0.5) is 0 Å². The average Bonchev–Trinajstić information content (AvgIpc) is 3.13.